The summed E-state index contributed by atoms with van der Waals surface area (Å²) in [7, 11) is 0. The van der Waals surface area contributed by atoms with Crippen molar-refractivity contribution in [1.82, 2.24) is 20.1 Å². The third-order valence-corrected chi connectivity index (χ3v) is 6.35. The van der Waals surface area contributed by atoms with Crippen LogP contribution in [0, 0.1) is 6.92 Å². The highest BCUT2D eigenvalue weighted by Gasteiger charge is 2.24. The molecule has 0 saturated carbocycles. The van der Waals surface area contributed by atoms with Crippen LogP contribution >= 0.6 is 11.3 Å². The Bertz CT molecular complexity index is 1290. The minimum Gasteiger partial charge on any atom is -0.456 e. The summed E-state index contributed by atoms with van der Waals surface area (Å²) in [5, 5.41) is 9.57. The number of hydrogen-bond acceptors (Lipinski definition) is 6. The average molecular weight is 448 g/mol. The van der Waals surface area contributed by atoms with Crippen LogP contribution in [0.25, 0.3) is 10.2 Å². The second-order valence-corrected chi connectivity index (χ2v) is 8.74. The second kappa shape index (κ2) is 8.43. The van der Waals surface area contributed by atoms with Gasteiger partial charge in [-0.25, -0.2) is 0 Å². The number of carbonyl (C=O) groups excluding carboxylic acids is 2. The number of H-pyrrole nitrogens is 1. The van der Waals surface area contributed by atoms with Crippen molar-refractivity contribution < 1.29 is 14.3 Å². The van der Waals surface area contributed by atoms with E-state index in [0.29, 0.717) is 22.2 Å². The van der Waals surface area contributed by atoms with Crippen LogP contribution in [0.15, 0.2) is 48.7 Å². The van der Waals surface area contributed by atoms with Gasteiger partial charge in [0.1, 0.15) is 11.5 Å². The predicted octanol–water partition coefficient (Wildman–Crippen LogP) is 4.15. The quantitative estimate of drug-likeness (QED) is 0.463. The highest BCUT2D eigenvalue weighted by Crippen LogP contribution is 2.35. The molecule has 0 atom stereocenters. The third kappa shape index (κ3) is 4.19. The minimum absolute atomic E-state index is 0.0535. The summed E-state index contributed by atoms with van der Waals surface area (Å²) in [5.74, 6) is 1.73. The molecule has 2 amide bonds. The number of nitrogens with one attached hydrogen (secondary N) is 2. The maximum absolute atomic E-state index is 12.5. The van der Waals surface area contributed by atoms with Gasteiger partial charge in [0.15, 0.2) is 5.82 Å². The Kier molecular flexibility index (Phi) is 5.32. The lowest BCUT2D eigenvalue weighted by atomic mass is 10.1. The molecule has 1 aliphatic heterocycles. The minimum atomic E-state index is -0.140. The van der Waals surface area contributed by atoms with Crippen molar-refractivity contribution in [2.45, 2.75) is 19.8 Å². The molecular weight excluding hydrogens is 426 g/mol. The fourth-order valence-electron chi connectivity index (χ4n) is 3.43. The van der Waals surface area contributed by atoms with Crippen molar-refractivity contribution in [3.8, 4) is 11.5 Å². The Morgan fingerprint density at radius 1 is 1.19 bits per heavy atom. The molecule has 1 aliphatic rings. The predicted molar refractivity (Wildman–Crippen MR) is 122 cm³/mol. The molecule has 32 heavy (non-hydrogen) atoms. The van der Waals surface area contributed by atoms with Gasteiger partial charge in [-0.15, -0.1) is 11.3 Å². The number of nitrogens with zero attached hydrogens (tertiary/aromatic N) is 3. The molecule has 4 aromatic rings. The lowest BCUT2D eigenvalue weighted by Crippen LogP contribution is -2.41. The van der Waals surface area contributed by atoms with Crippen molar-refractivity contribution in [2.75, 3.05) is 18.4 Å². The van der Waals surface area contributed by atoms with Crippen molar-refractivity contribution in [3.05, 3.63) is 64.8 Å². The zero-order chi connectivity index (χ0) is 22.1. The van der Waals surface area contributed by atoms with E-state index in [0.717, 1.165) is 41.0 Å². The highest BCUT2D eigenvalue weighted by molar-refractivity contribution is 7.21. The maximum Gasteiger partial charge on any atom is 0.264 e. The van der Waals surface area contributed by atoms with Crippen LogP contribution in [-0.2, 0) is 11.2 Å². The van der Waals surface area contributed by atoms with E-state index < -0.39 is 0 Å². The van der Waals surface area contributed by atoms with Gasteiger partial charge in [-0.05, 0) is 37.1 Å². The van der Waals surface area contributed by atoms with Crippen molar-refractivity contribution in [3.63, 3.8) is 0 Å². The van der Waals surface area contributed by atoms with Gasteiger partial charge in [-0.3, -0.25) is 19.7 Å². The fourth-order valence-corrected chi connectivity index (χ4v) is 4.47. The molecule has 162 valence electrons. The molecule has 8 nitrogen and oxygen atoms in total. The molecule has 2 N–H and O–H groups in total. The zero-order valence-electron chi connectivity index (χ0n) is 17.4. The Morgan fingerprint density at radius 3 is 2.69 bits per heavy atom. The fraction of sp³-hybridized carbons (Fsp3) is 0.217. The number of likely N-dealkylation sites (tertiary alicyclic amines) is 1. The summed E-state index contributed by atoms with van der Waals surface area (Å²) >= 11 is 1.40. The molecule has 3 aromatic heterocycles. The highest BCUT2D eigenvalue weighted by atomic mass is 32.1. The van der Waals surface area contributed by atoms with Gasteiger partial charge in [0.25, 0.3) is 5.91 Å². The lowest BCUT2D eigenvalue weighted by Gasteiger charge is -2.30. The van der Waals surface area contributed by atoms with Gasteiger partial charge in [-0.1, -0.05) is 12.1 Å². The van der Waals surface area contributed by atoms with Gasteiger partial charge in [-0.2, -0.15) is 5.10 Å². The van der Waals surface area contributed by atoms with E-state index in [2.05, 4.69) is 20.5 Å². The maximum atomic E-state index is 12.5. The first-order chi connectivity index (χ1) is 15.5. The SMILES string of the molecule is Cc1cc(NC(=O)Cc2ccc(Oc3ccnc4cc(C(=O)N5CCC5)sc34)cc2)n[nH]1. The molecule has 0 radical (unpaired) electrons. The number of pyridine rings is 1. The van der Waals surface area contributed by atoms with E-state index in [9.17, 15) is 9.59 Å². The lowest BCUT2D eigenvalue weighted by molar-refractivity contribution is -0.115. The molecule has 0 aliphatic carbocycles. The number of thiophene rings is 1. The van der Waals surface area contributed by atoms with Crippen LogP contribution in [0.5, 0.6) is 11.5 Å². The van der Waals surface area contributed by atoms with Crippen LogP contribution in [-0.4, -0.2) is 45.0 Å². The third-order valence-electron chi connectivity index (χ3n) is 5.22. The Balaban J connectivity index is 1.27. The number of fused-ring (bicyclic) bond motifs is 1. The molecule has 1 aromatic carbocycles. The topological polar surface area (TPSA) is 100 Å². The van der Waals surface area contributed by atoms with E-state index in [1.54, 1.807) is 18.3 Å². The zero-order valence-corrected chi connectivity index (χ0v) is 18.2. The first kappa shape index (κ1) is 20.2. The van der Waals surface area contributed by atoms with Crippen molar-refractivity contribution >= 4 is 39.2 Å². The van der Waals surface area contributed by atoms with E-state index in [1.807, 2.05) is 42.2 Å². The van der Waals surface area contributed by atoms with E-state index >= 15 is 0 Å². The van der Waals surface area contributed by atoms with Gasteiger partial charge >= 0.3 is 0 Å². The monoisotopic (exact) mass is 447 g/mol. The van der Waals surface area contributed by atoms with Gasteiger partial charge < -0.3 is 15.0 Å². The number of rotatable bonds is 6. The van der Waals surface area contributed by atoms with Crippen LogP contribution in [0.1, 0.15) is 27.3 Å². The molecule has 4 heterocycles. The van der Waals surface area contributed by atoms with Crippen molar-refractivity contribution in [1.29, 1.82) is 0 Å². The largest absolute Gasteiger partial charge is 0.456 e. The summed E-state index contributed by atoms with van der Waals surface area (Å²) in [6.07, 6.45) is 2.97. The Hall–Kier alpha value is -3.72. The number of benzene rings is 1. The van der Waals surface area contributed by atoms with E-state index in [-0.39, 0.29) is 18.2 Å². The Morgan fingerprint density at radius 2 is 2.00 bits per heavy atom. The number of amides is 2. The summed E-state index contributed by atoms with van der Waals surface area (Å²) in [6, 6.07) is 12.8. The second-order valence-electron chi connectivity index (χ2n) is 7.69. The molecule has 1 fully saturated rings. The molecule has 1 saturated heterocycles. The summed E-state index contributed by atoms with van der Waals surface area (Å²) in [4.78, 5) is 31.6. The van der Waals surface area contributed by atoms with Crippen LogP contribution in [0.2, 0.25) is 0 Å². The number of anilines is 1. The number of aryl methyl sites for hydroxylation is 1. The molecule has 0 bridgehead atoms. The number of hydrogen-bond donors (Lipinski definition) is 2. The summed E-state index contributed by atoms with van der Waals surface area (Å²) < 4.78 is 6.92. The van der Waals surface area contributed by atoms with E-state index in [4.69, 9.17) is 4.74 Å². The summed E-state index contributed by atoms with van der Waals surface area (Å²) in [5.41, 5.74) is 2.49. The van der Waals surface area contributed by atoms with Crippen LogP contribution in [0.4, 0.5) is 5.82 Å². The van der Waals surface area contributed by atoms with Crippen LogP contribution in [0.3, 0.4) is 0 Å². The molecule has 0 spiro atoms. The van der Waals surface area contributed by atoms with Crippen LogP contribution < -0.4 is 10.1 Å². The Labute approximate surface area is 188 Å². The first-order valence-electron chi connectivity index (χ1n) is 10.3. The molecule has 0 unspecified atom stereocenters. The van der Waals surface area contributed by atoms with E-state index in [1.165, 1.54) is 11.3 Å². The number of aromatic amines is 1. The molecular formula is C23H21N5O3S. The molecule has 5 rings (SSSR count). The standard InChI is InChI=1S/C23H21N5O3S/c1-14-11-20(27-26-14)25-21(29)12-15-3-5-16(6-4-15)31-18-7-8-24-17-13-19(32-22(17)18)23(30)28-9-2-10-28/h3-8,11,13H,2,9-10,12H2,1H3,(H2,25,26,27,29). The van der Waals surface area contributed by atoms with Gasteiger partial charge in [0, 0.05) is 37.1 Å². The normalized spacial score (nSPS) is 13.1. The average Bonchev–Trinajstić information content (AvgIpc) is 3.35. The number of carbonyl (C=O) groups is 2. The van der Waals surface area contributed by atoms with Crippen molar-refractivity contribution in [2.24, 2.45) is 0 Å². The number of ether oxygens (including phenoxy) is 1. The number of aromatic nitrogens is 3. The first-order valence-corrected chi connectivity index (χ1v) is 11.1. The molecule has 9 heteroatoms. The van der Waals surface area contributed by atoms with Gasteiger partial charge in [0.2, 0.25) is 5.91 Å². The summed E-state index contributed by atoms with van der Waals surface area (Å²) in [6.45, 7) is 3.50. The smallest absolute Gasteiger partial charge is 0.264 e. The van der Waals surface area contributed by atoms with Gasteiger partial charge in [0.05, 0.1) is 21.5 Å².